The SMILES string of the molecule is COC(=O)c1cccc(COc2ccc3[nH]ccc3c2)c1. The molecule has 0 aliphatic heterocycles. The molecule has 0 bridgehead atoms. The molecule has 0 saturated carbocycles. The van der Waals surface area contributed by atoms with Crippen molar-refractivity contribution in [2.24, 2.45) is 0 Å². The zero-order valence-corrected chi connectivity index (χ0v) is 11.6. The number of fused-ring (bicyclic) bond motifs is 1. The molecular weight excluding hydrogens is 266 g/mol. The Kier molecular flexibility index (Phi) is 3.60. The number of H-pyrrole nitrogens is 1. The highest BCUT2D eigenvalue weighted by molar-refractivity contribution is 5.89. The topological polar surface area (TPSA) is 51.3 Å². The van der Waals surface area contributed by atoms with Gasteiger partial charge in [0.1, 0.15) is 12.4 Å². The number of hydrogen-bond donors (Lipinski definition) is 1. The molecule has 4 nitrogen and oxygen atoms in total. The number of ether oxygens (including phenoxy) is 2. The molecule has 0 amide bonds. The fourth-order valence-electron chi connectivity index (χ4n) is 2.19. The fourth-order valence-corrected chi connectivity index (χ4v) is 2.19. The van der Waals surface area contributed by atoms with E-state index in [2.05, 4.69) is 4.98 Å². The van der Waals surface area contributed by atoms with Gasteiger partial charge in [0, 0.05) is 17.1 Å². The first-order valence-electron chi connectivity index (χ1n) is 6.63. The number of aromatic amines is 1. The maximum Gasteiger partial charge on any atom is 0.337 e. The zero-order valence-electron chi connectivity index (χ0n) is 11.6. The molecule has 0 unspecified atom stereocenters. The molecule has 0 atom stereocenters. The first-order valence-corrected chi connectivity index (χ1v) is 6.63. The Morgan fingerprint density at radius 2 is 2.05 bits per heavy atom. The van der Waals surface area contributed by atoms with E-state index in [1.54, 1.807) is 12.1 Å². The number of aromatic nitrogens is 1. The van der Waals surface area contributed by atoms with Crippen molar-refractivity contribution in [3.05, 3.63) is 65.9 Å². The summed E-state index contributed by atoms with van der Waals surface area (Å²) >= 11 is 0. The van der Waals surface area contributed by atoms with Gasteiger partial charge in [-0.1, -0.05) is 12.1 Å². The lowest BCUT2D eigenvalue weighted by Crippen LogP contribution is -2.03. The van der Waals surface area contributed by atoms with Crippen LogP contribution in [0.25, 0.3) is 10.9 Å². The van der Waals surface area contributed by atoms with E-state index in [1.807, 2.05) is 42.6 Å². The number of carbonyl (C=O) groups excluding carboxylic acids is 1. The van der Waals surface area contributed by atoms with Crippen molar-refractivity contribution >= 4 is 16.9 Å². The Labute approximate surface area is 122 Å². The summed E-state index contributed by atoms with van der Waals surface area (Å²) in [5.74, 6) is 0.455. The van der Waals surface area contributed by atoms with Crippen LogP contribution >= 0.6 is 0 Å². The summed E-state index contributed by atoms with van der Waals surface area (Å²) in [5.41, 5.74) is 2.53. The third-order valence-electron chi connectivity index (χ3n) is 3.28. The minimum atomic E-state index is -0.342. The summed E-state index contributed by atoms with van der Waals surface area (Å²) in [6, 6.07) is 15.1. The van der Waals surface area contributed by atoms with Crippen LogP contribution in [0.5, 0.6) is 5.75 Å². The van der Waals surface area contributed by atoms with Crippen LogP contribution in [-0.2, 0) is 11.3 Å². The van der Waals surface area contributed by atoms with E-state index in [0.29, 0.717) is 12.2 Å². The number of nitrogens with one attached hydrogen (secondary N) is 1. The zero-order chi connectivity index (χ0) is 14.7. The van der Waals surface area contributed by atoms with E-state index < -0.39 is 0 Å². The molecule has 0 aliphatic carbocycles. The van der Waals surface area contributed by atoms with Gasteiger partial charge in [-0.2, -0.15) is 0 Å². The van der Waals surface area contributed by atoms with Crippen molar-refractivity contribution < 1.29 is 14.3 Å². The van der Waals surface area contributed by atoms with Gasteiger partial charge >= 0.3 is 5.97 Å². The van der Waals surface area contributed by atoms with Crippen molar-refractivity contribution in [3.8, 4) is 5.75 Å². The predicted octanol–water partition coefficient (Wildman–Crippen LogP) is 3.53. The Morgan fingerprint density at radius 3 is 2.90 bits per heavy atom. The molecule has 3 rings (SSSR count). The van der Waals surface area contributed by atoms with Gasteiger partial charge in [0.15, 0.2) is 0 Å². The number of methoxy groups -OCH3 is 1. The lowest BCUT2D eigenvalue weighted by molar-refractivity contribution is 0.0600. The molecule has 2 aromatic carbocycles. The molecule has 3 aromatic rings. The molecular formula is C17H15NO3. The first kappa shape index (κ1) is 13.2. The predicted molar refractivity (Wildman–Crippen MR) is 80.4 cm³/mol. The highest BCUT2D eigenvalue weighted by Gasteiger charge is 2.06. The van der Waals surface area contributed by atoms with Crippen molar-refractivity contribution in [1.29, 1.82) is 0 Å². The third-order valence-corrected chi connectivity index (χ3v) is 3.28. The van der Waals surface area contributed by atoms with Gasteiger partial charge in [-0.05, 0) is 42.0 Å². The summed E-state index contributed by atoms with van der Waals surface area (Å²) in [5, 5.41) is 1.11. The van der Waals surface area contributed by atoms with Crippen LogP contribution < -0.4 is 4.74 Å². The molecule has 1 heterocycles. The van der Waals surface area contributed by atoms with Gasteiger partial charge in [-0.25, -0.2) is 4.79 Å². The summed E-state index contributed by atoms with van der Waals surface area (Å²) < 4.78 is 10.5. The largest absolute Gasteiger partial charge is 0.489 e. The Balaban J connectivity index is 1.73. The number of hydrogen-bond acceptors (Lipinski definition) is 3. The summed E-state index contributed by atoms with van der Waals surface area (Å²) in [4.78, 5) is 14.6. The van der Waals surface area contributed by atoms with E-state index in [4.69, 9.17) is 9.47 Å². The first-order chi connectivity index (χ1) is 10.3. The quantitative estimate of drug-likeness (QED) is 0.744. The molecule has 0 saturated heterocycles. The average molecular weight is 281 g/mol. The fraction of sp³-hybridized carbons (Fsp3) is 0.118. The Bertz CT molecular complexity index is 776. The number of esters is 1. The molecule has 1 N–H and O–H groups in total. The van der Waals surface area contributed by atoms with E-state index in [9.17, 15) is 4.79 Å². The lowest BCUT2D eigenvalue weighted by atomic mass is 10.1. The molecule has 4 heteroatoms. The van der Waals surface area contributed by atoms with Crippen LogP contribution in [0.1, 0.15) is 15.9 Å². The van der Waals surface area contributed by atoms with Crippen LogP contribution in [-0.4, -0.2) is 18.1 Å². The average Bonchev–Trinajstić information content (AvgIpc) is 3.00. The highest BCUT2D eigenvalue weighted by atomic mass is 16.5. The second-order valence-corrected chi connectivity index (χ2v) is 4.71. The second kappa shape index (κ2) is 5.71. The van der Waals surface area contributed by atoms with Crippen LogP contribution in [0.3, 0.4) is 0 Å². The van der Waals surface area contributed by atoms with Gasteiger partial charge in [-0.3, -0.25) is 0 Å². The van der Waals surface area contributed by atoms with Crippen molar-refractivity contribution in [3.63, 3.8) is 0 Å². The molecule has 0 fully saturated rings. The molecule has 21 heavy (non-hydrogen) atoms. The van der Waals surface area contributed by atoms with Gasteiger partial charge in [0.05, 0.1) is 12.7 Å². The van der Waals surface area contributed by atoms with E-state index in [0.717, 1.165) is 22.2 Å². The number of benzene rings is 2. The van der Waals surface area contributed by atoms with E-state index >= 15 is 0 Å². The smallest absolute Gasteiger partial charge is 0.337 e. The molecule has 106 valence electrons. The summed E-state index contributed by atoms with van der Waals surface area (Å²) in [7, 11) is 1.37. The molecule has 1 aromatic heterocycles. The Hall–Kier alpha value is -2.75. The third kappa shape index (κ3) is 2.89. The number of rotatable bonds is 4. The van der Waals surface area contributed by atoms with Crippen LogP contribution in [0.15, 0.2) is 54.7 Å². The van der Waals surface area contributed by atoms with E-state index in [1.165, 1.54) is 7.11 Å². The standard InChI is InChI=1S/C17H15NO3/c1-20-17(19)14-4-2-3-12(9-14)11-21-15-5-6-16-13(10-15)7-8-18-16/h2-10,18H,11H2,1H3. The van der Waals surface area contributed by atoms with Gasteiger partial charge in [0.25, 0.3) is 0 Å². The van der Waals surface area contributed by atoms with Crippen molar-refractivity contribution in [1.82, 2.24) is 4.98 Å². The molecule has 0 radical (unpaired) electrons. The molecule has 0 spiro atoms. The van der Waals surface area contributed by atoms with Crippen molar-refractivity contribution in [2.45, 2.75) is 6.61 Å². The lowest BCUT2D eigenvalue weighted by Gasteiger charge is -2.07. The van der Waals surface area contributed by atoms with E-state index in [-0.39, 0.29) is 5.97 Å². The number of carbonyl (C=O) groups is 1. The Morgan fingerprint density at radius 1 is 1.14 bits per heavy atom. The minimum absolute atomic E-state index is 0.342. The van der Waals surface area contributed by atoms with Crippen LogP contribution in [0, 0.1) is 0 Å². The highest BCUT2D eigenvalue weighted by Crippen LogP contribution is 2.20. The maximum absolute atomic E-state index is 11.5. The van der Waals surface area contributed by atoms with Crippen LogP contribution in [0.2, 0.25) is 0 Å². The normalized spacial score (nSPS) is 10.5. The molecule has 0 aliphatic rings. The van der Waals surface area contributed by atoms with Crippen molar-refractivity contribution in [2.75, 3.05) is 7.11 Å². The second-order valence-electron chi connectivity index (χ2n) is 4.71. The van der Waals surface area contributed by atoms with Gasteiger partial charge < -0.3 is 14.5 Å². The van der Waals surface area contributed by atoms with Crippen LogP contribution in [0.4, 0.5) is 0 Å². The summed E-state index contributed by atoms with van der Waals surface area (Å²) in [6.07, 6.45) is 1.90. The summed E-state index contributed by atoms with van der Waals surface area (Å²) in [6.45, 7) is 0.404. The van der Waals surface area contributed by atoms with Gasteiger partial charge in [0.2, 0.25) is 0 Å². The minimum Gasteiger partial charge on any atom is -0.489 e. The van der Waals surface area contributed by atoms with Gasteiger partial charge in [-0.15, -0.1) is 0 Å². The monoisotopic (exact) mass is 281 g/mol. The maximum atomic E-state index is 11.5.